The zero-order chi connectivity index (χ0) is 15.8. The molecule has 4 rings (SSSR count). The standard InChI is InChI=1S/C17H13ClN4O/c1-11-16(14-4-2-3-5-15(14)23-11)17-19-21-22(20-17)10-12-6-8-13(18)9-7-12/h2-9H,10H2,1H3. The minimum Gasteiger partial charge on any atom is -0.461 e. The molecule has 0 atom stereocenters. The summed E-state index contributed by atoms with van der Waals surface area (Å²) in [4.78, 5) is 1.57. The number of aromatic nitrogens is 4. The molecule has 0 bridgehead atoms. The third-order valence-corrected chi connectivity index (χ3v) is 3.94. The summed E-state index contributed by atoms with van der Waals surface area (Å²) in [5.74, 6) is 1.36. The lowest BCUT2D eigenvalue weighted by molar-refractivity contribution is 0.572. The number of para-hydroxylation sites is 1. The molecule has 5 nitrogen and oxygen atoms in total. The number of benzene rings is 2. The topological polar surface area (TPSA) is 56.7 Å². The highest BCUT2D eigenvalue weighted by Crippen LogP contribution is 2.31. The SMILES string of the molecule is Cc1oc2ccccc2c1-c1nnn(Cc2ccc(Cl)cc2)n1. The fourth-order valence-electron chi connectivity index (χ4n) is 2.61. The molecule has 0 saturated heterocycles. The number of halogens is 1. The lowest BCUT2D eigenvalue weighted by Crippen LogP contribution is -2.03. The van der Waals surface area contributed by atoms with Gasteiger partial charge in [-0.3, -0.25) is 0 Å². The number of aryl methyl sites for hydroxylation is 1. The molecule has 0 aliphatic rings. The normalized spacial score (nSPS) is 11.2. The Kier molecular flexibility index (Phi) is 3.35. The smallest absolute Gasteiger partial charge is 0.209 e. The van der Waals surface area contributed by atoms with E-state index in [0.29, 0.717) is 17.4 Å². The van der Waals surface area contributed by atoms with Crippen molar-refractivity contribution in [3.05, 3.63) is 64.9 Å². The highest BCUT2D eigenvalue weighted by atomic mass is 35.5. The van der Waals surface area contributed by atoms with E-state index >= 15 is 0 Å². The maximum Gasteiger partial charge on any atom is 0.209 e. The Labute approximate surface area is 137 Å². The average Bonchev–Trinajstić information content (AvgIpc) is 3.12. The number of hydrogen-bond donors (Lipinski definition) is 0. The van der Waals surface area contributed by atoms with Crippen molar-refractivity contribution in [2.24, 2.45) is 0 Å². The summed E-state index contributed by atoms with van der Waals surface area (Å²) in [6.07, 6.45) is 0. The number of hydrogen-bond acceptors (Lipinski definition) is 4. The van der Waals surface area contributed by atoms with Gasteiger partial charge < -0.3 is 4.42 Å². The first-order valence-corrected chi connectivity index (χ1v) is 7.59. The van der Waals surface area contributed by atoms with Crippen LogP contribution in [0.25, 0.3) is 22.4 Å². The molecule has 0 radical (unpaired) electrons. The van der Waals surface area contributed by atoms with Crippen molar-refractivity contribution in [3.63, 3.8) is 0 Å². The van der Waals surface area contributed by atoms with E-state index in [9.17, 15) is 0 Å². The second kappa shape index (κ2) is 5.52. The van der Waals surface area contributed by atoms with Crippen molar-refractivity contribution in [1.29, 1.82) is 0 Å². The van der Waals surface area contributed by atoms with Crippen LogP contribution in [0.2, 0.25) is 5.02 Å². The third kappa shape index (κ3) is 2.59. The number of fused-ring (bicyclic) bond motifs is 1. The van der Waals surface area contributed by atoms with Crippen molar-refractivity contribution >= 4 is 22.6 Å². The average molecular weight is 325 g/mol. The van der Waals surface area contributed by atoms with Gasteiger partial charge in [0.1, 0.15) is 11.3 Å². The maximum atomic E-state index is 5.90. The van der Waals surface area contributed by atoms with Gasteiger partial charge in [-0.2, -0.15) is 4.80 Å². The van der Waals surface area contributed by atoms with Gasteiger partial charge in [-0.05, 0) is 35.9 Å². The molecule has 2 aromatic carbocycles. The molecule has 0 N–H and O–H groups in total. The molecular formula is C17H13ClN4O. The van der Waals surface area contributed by atoms with Crippen LogP contribution in [0, 0.1) is 6.92 Å². The fourth-order valence-corrected chi connectivity index (χ4v) is 2.74. The van der Waals surface area contributed by atoms with E-state index in [4.69, 9.17) is 16.0 Å². The first-order valence-electron chi connectivity index (χ1n) is 7.21. The van der Waals surface area contributed by atoms with Crippen molar-refractivity contribution in [2.45, 2.75) is 13.5 Å². The van der Waals surface area contributed by atoms with Gasteiger partial charge in [0.25, 0.3) is 0 Å². The van der Waals surface area contributed by atoms with E-state index in [1.807, 2.05) is 55.5 Å². The van der Waals surface area contributed by atoms with E-state index in [1.165, 1.54) is 0 Å². The van der Waals surface area contributed by atoms with Crippen LogP contribution in [0.15, 0.2) is 52.9 Å². The largest absolute Gasteiger partial charge is 0.461 e. The number of nitrogens with zero attached hydrogens (tertiary/aromatic N) is 4. The van der Waals surface area contributed by atoms with Crippen LogP contribution >= 0.6 is 11.6 Å². The lowest BCUT2D eigenvalue weighted by atomic mass is 10.1. The molecule has 0 saturated carbocycles. The van der Waals surface area contributed by atoms with E-state index in [0.717, 1.165) is 27.9 Å². The molecule has 114 valence electrons. The molecule has 4 aromatic rings. The zero-order valence-corrected chi connectivity index (χ0v) is 13.2. The zero-order valence-electron chi connectivity index (χ0n) is 12.4. The van der Waals surface area contributed by atoms with Crippen LogP contribution in [0.3, 0.4) is 0 Å². The molecule has 0 spiro atoms. The Morgan fingerprint density at radius 1 is 1.09 bits per heavy atom. The second-order valence-corrected chi connectivity index (χ2v) is 5.74. The summed E-state index contributed by atoms with van der Waals surface area (Å²) < 4.78 is 5.76. The monoisotopic (exact) mass is 324 g/mol. The Morgan fingerprint density at radius 2 is 1.87 bits per heavy atom. The van der Waals surface area contributed by atoms with Crippen LogP contribution < -0.4 is 0 Å². The van der Waals surface area contributed by atoms with Crippen LogP contribution in [0.5, 0.6) is 0 Å². The van der Waals surface area contributed by atoms with Gasteiger partial charge in [-0.1, -0.05) is 41.9 Å². The van der Waals surface area contributed by atoms with Gasteiger partial charge in [0.05, 0.1) is 12.1 Å². The van der Waals surface area contributed by atoms with E-state index in [2.05, 4.69) is 15.4 Å². The van der Waals surface area contributed by atoms with Gasteiger partial charge in [-0.15, -0.1) is 10.2 Å². The molecule has 0 unspecified atom stereocenters. The Bertz CT molecular complexity index is 972. The highest BCUT2D eigenvalue weighted by molar-refractivity contribution is 6.30. The Hall–Kier alpha value is -2.66. The summed E-state index contributed by atoms with van der Waals surface area (Å²) in [6.45, 7) is 2.45. The van der Waals surface area contributed by atoms with Crippen molar-refractivity contribution in [2.75, 3.05) is 0 Å². The summed E-state index contributed by atoms with van der Waals surface area (Å²) in [7, 11) is 0. The van der Waals surface area contributed by atoms with Crippen LogP contribution in [-0.2, 0) is 6.54 Å². The fraction of sp³-hybridized carbons (Fsp3) is 0.118. The second-order valence-electron chi connectivity index (χ2n) is 5.30. The molecule has 23 heavy (non-hydrogen) atoms. The summed E-state index contributed by atoms with van der Waals surface area (Å²) in [5.41, 5.74) is 2.78. The molecule has 0 fully saturated rings. The predicted molar refractivity (Wildman–Crippen MR) is 88.3 cm³/mol. The molecule has 2 heterocycles. The van der Waals surface area contributed by atoms with Gasteiger partial charge in [0, 0.05) is 10.4 Å². The molecule has 6 heteroatoms. The van der Waals surface area contributed by atoms with Gasteiger partial charge in [0.2, 0.25) is 5.82 Å². The van der Waals surface area contributed by atoms with Gasteiger partial charge in [0.15, 0.2) is 0 Å². The summed E-state index contributed by atoms with van der Waals surface area (Å²) >= 11 is 5.90. The predicted octanol–water partition coefficient (Wildman–Crippen LogP) is 4.10. The van der Waals surface area contributed by atoms with E-state index in [-0.39, 0.29) is 0 Å². The number of rotatable bonds is 3. The molecule has 0 aliphatic heterocycles. The van der Waals surface area contributed by atoms with Gasteiger partial charge >= 0.3 is 0 Å². The minimum atomic E-state index is 0.541. The minimum absolute atomic E-state index is 0.541. The maximum absolute atomic E-state index is 5.90. The van der Waals surface area contributed by atoms with E-state index in [1.54, 1.807) is 4.80 Å². The molecule has 0 amide bonds. The highest BCUT2D eigenvalue weighted by Gasteiger charge is 2.17. The lowest BCUT2D eigenvalue weighted by Gasteiger charge is -1.99. The van der Waals surface area contributed by atoms with Crippen molar-refractivity contribution < 1.29 is 4.42 Å². The van der Waals surface area contributed by atoms with Crippen molar-refractivity contribution in [3.8, 4) is 11.4 Å². The number of furan rings is 1. The summed E-state index contributed by atoms with van der Waals surface area (Å²) in [6, 6.07) is 15.4. The first-order chi connectivity index (χ1) is 11.2. The van der Waals surface area contributed by atoms with Crippen LogP contribution in [0.4, 0.5) is 0 Å². The third-order valence-electron chi connectivity index (χ3n) is 3.69. The first kappa shape index (κ1) is 14.0. The Balaban J connectivity index is 1.69. The van der Waals surface area contributed by atoms with Crippen LogP contribution in [-0.4, -0.2) is 20.2 Å². The Morgan fingerprint density at radius 3 is 2.70 bits per heavy atom. The van der Waals surface area contributed by atoms with Crippen molar-refractivity contribution in [1.82, 2.24) is 20.2 Å². The van der Waals surface area contributed by atoms with E-state index < -0.39 is 0 Å². The molecule has 0 aliphatic carbocycles. The molecule has 2 aromatic heterocycles. The molecular weight excluding hydrogens is 312 g/mol. The summed E-state index contributed by atoms with van der Waals surface area (Å²) in [5, 5.41) is 14.5. The quantitative estimate of drug-likeness (QED) is 0.569. The number of tetrazole rings is 1. The van der Waals surface area contributed by atoms with Crippen LogP contribution in [0.1, 0.15) is 11.3 Å². The van der Waals surface area contributed by atoms with Gasteiger partial charge in [-0.25, -0.2) is 0 Å².